The van der Waals surface area contributed by atoms with Crippen molar-refractivity contribution >= 4 is 23.1 Å². The molecule has 4 heteroatoms. The first-order valence-corrected chi connectivity index (χ1v) is 9.64. The lowest BCUT2D eigenvalue weighted by Crippen LogP contribution is -2.22. The number of thiophene rings is 1. The Labute approximate surface area is 134 Å². The summed E-state index contributed by atoms with van der Waals surface area (Å²) in [5.41, 5.74) is 4.34. The Bertz CT molecular complexity index is 626. The molecule has 0 saturated carbocycles. The van der Waals surface area contributed by atoms with Crippen molar-refractivity contribution in [1.82, 2.24) is 10.3 Å². The number of aryl methyl sites for hydroxylation is 2. The van der Waals surface area contributed by atoms with Gasteiger partial charge >= 0.3 is 0 Å². The molecular formula is C17H20N2S2. The fraction of sp³-hybridized carbons (Fsp3) is 0.471. The third kappa shape index (κ3) is 2.43. The van der Waals surface area contributed by atoms with Crippen molar-refractivity contribution in [2.75, 3.05) is 12.8 Å². The highest BCUT2D eigenvalue weighted by Crippen LogP contribution is 2.44. The lowest BCUT2D eigenvalue weighted by Gasteiger charge is -2.22. The number of aromatic nitrogens is 1. The SMILES string of the molecule is CNC(c1cc2c(s1)CCSC2)C1CCc2cccnc21. The first kappa shape index (κ1) is 13.8. The van der Waals surface area contributed by atoms with Crippen molar-refractivity contribution in [3.63, 3.8) is 0 Å². The van der Waals surface area contributed by atoms with Crippen LogP contribution in [0.3, 0.4) is 0 Å². The summed E-state index contributed by atoms with van der Waals surface area (Å²) in [5.74, 6) is 3.01. The molecule has 1 aliphatic carbocycles. The predicted molar refractivity (Wildman–Crippen MR) is 91.3 cm³/mol. The summed E-state index contributed by atoms with van der Waals surface area (Å²) >= 11 is 4.09. The number of fused-ring (bicyclic) bond motifs is 2. The second kappa shape index (κ2) is 5.75. The molecule has 0 fully saturated rings. The lowest BCUT2D eigenvalue weighted by atomic mass is 9.95. The molecular weight excluding hydrogens is 296 g/mol. The van der Waals surface area contributed by atoms with Crippen LogP contribution in [-0.2, 0) is 18.6 Å². The van der Waals surface area contributed by atoms with Gasteiger partial charge in [0.25, 0.3) is 0 Å². The molecule has 21 heavy (non-hydrogen) atoms. The van der Waals surface area contributed by atoms with E-state index in [0.29, 0.717) is 12.0 Å². The molecule has 2 aromatic rings. The molecule has 1 N–H and O–H groups in total. The molecule has 0 amide bonds. The Morgan fingerprint density at radius 2 is 2.29 bits per heavy atom. The molecule has 2 unspecified atom stereocenters. The number of likely N-dealkylation sites (N-methyl/N-ethyl adjacent to an activating group) is 1. The van der Waals surface area contributed by atoms with Gasteiger partial charge in [0.05, 0.1) is 0 Å². The van der Waals surface area contributed by atoms with Crippen LogP contribution in [0, 0.1) is 0 Å². The minimum Gasteiger partial charge on any atom is -0.312 e. The summed E-state index contributed by atoms with van der Waals surface area (Å²) in [4.78, 5) is 7.80. The van der Waals surface area contributed by atoms with Crippen LogP contribution in [0.25, 0.3) is 0 Å². The van der Waals surface area contributed by atoms with E-state index in [4.69, 9.17) is 0 Å². The van der Waals surface area contributed by atoms with E-state index < -0.39 is 0 Å². The molecule has 1 aliphatic heterocycles. The van der Waals surface area contributed by atoms with Gasteiger partial charge in [0.1, 0.15) is 0 Å². The molecule has 2 aliphatic rings. The van der Waals surface area contributed by atoms with E-state index in [1.165, 1.54) is 46.9 Å². The van der Waals surface area contributed by atoms with Crippen LogP contribution < -0.4 is 5.32 Å². The minimum atomic E-state index is 0.418. The van der Waals surface area contributed by atoms with Gasteiger partial charge in [-0.1, -0.05) is 6.07 Å². The van der Waals surface area contributed by atoms with Crippen molar-refractivity contribution < 1.29 is 0 Å². The Morgan fingerprint density at radius 1 is 1.33 bits per heavy atom. The van der Waals surface area contributed by atoms with Gasteiger partial charge < -0.3 is 5.32 Å². The van der Waals surface area contributed by atoms with Gasteiger partial charge in [-0.3, -0.25) is 4.98 Å². The highest BCUT2D eigenvalue weighted by atomic mass is 32.2. The number of thioether (sulfide) groups is 1. The number of rotatable bonds is 3. The number of nitrogens with zero attached hydrogens (tertiary/aromatic N) is 1. The van der Waals surface area contributed by atoms with Crippen LogP contribution in [0.1, 0.15) is 45.0 Å². The summed E-state index contributed by atoms with van der Waals surface area (Å²) in [6, 6.07) is 7.18. The van der Waals surface area contributed by atoms with Gasteiger partial charge in [0.15, 0.2) is 0 Å². The van der Waals surface area contributed by atoms with Crippen LogP contribution in [0.5, 0.6) is 0 Å². The van der Waals surface area contributed by atoms with Crippen LogP contribution in [0.15, 0.2) is 24.4 Å². The van der Waals surface area contributed by atoms with Crippen molar-refractivity contribution in [2.24, 2.45) is 0 Å². The second-order valence-corrected chi connectivity index (χ2v) is 8.13. The van der Waals surface area contributed by atoms with Crippen molar-refractivity contribution in [1.29, 1.82) is 0 Å². The molecule has 0 saturated heterocycles. The van der Waals surface area contributed by atoms with Crippen LogP contribution in [-0.4, -0.2) is 17.8 Å². The molecule has 0 spiro atoms. The maximum Gasteiger partial charge on any atom is 0.0497 e. The number of pyridine rings is 1. The molecule has 110 valence electrons. The molecule has 2 atom stereocenters. The molecule has 0 bridgehead atoms. The molecule has 2 nitrogen and oxygen atoms in total. The second-order valence-electron chi connectivity index (χ2n) is 5.86. The minimum absolute atomic E-state index is 0.418. The van der Waals surface area contributed by atoms with E-state index in [2.05, 4.69) is 47.3 Å². The molecule has 3 heterocycles. The largest absolute Gasteiger partial charge is 0.312 e. The van der Waals surface area contributed by atoms with Gasteiger partial charge in [0.2, 0.25) is 0 Å². The van der Waals surface area contributed by atoms with E-state index in [9.17, 15) is 0 Å². The first-order chi connectivity index (χ1) is 10.4. The summed E-state index contributed by atoms with van der Waals surface area (Å²) in [5, 5.41) is 3.57. The van der Waals surface area contributed by atoms with Crippen molar-refractivity contribution in [2.45, 2.75) is 37.0 Å². The van der Waals surface area contributed by atoms with Gasteiger partial charge in [-0.2, -0.15) is 11.8 Å². The number of nitrogens with one attached hydrogen (secondary N) is 1. The lowest BCUT2D eigenvalue weighted by molar-refractivity contribution is 0.476. The zero-order chi connectivity index (χ0) is 14.2. The normalized spacial score (nSPS) is 21.9. The van der Waals surface area contributed by atoms with E-state index in [0.717, 1.165) is 0 Å². The van der Waals surface area contributed by atoms with E-state index >= 15 is 0 Å². The highest BCUT2D eigenvalue weighted by molar-refractivity contribution is 7.98. The molecule has 2 aromatic heterocycles. The van der Waals surface area contributed by atoms with Gasteiger partial charge in [-0.25, -0.2) is 0 Å². The van der Waals surface area contributed by atoms with Crippen molar-refractivity contribution in [3.8, 4) is 0 Å². The Hall–Kier alpha value is -0.840. The maximum atomic E-state index is 4.68. The summed E-state index contributed by atoms with van der Waals surface area (Å²) in [6.45, 7) is 0. The van der Waals surface area contributed by atoms with Gasteiger partial charge in [0, 0.05) is 39.4 Å². The quantitative estimate of drug-likeness (QED) is 0.929. The number of hydrogen-bond acceptors (Lipinski definition) is 4. The molecule has 4 rings (SSSR count). The van der Waals surface area contributed by atoms with Crippen LogP contribution >= 0.6 is 23.1 Å². The third-order valence-electron chi connectivity index (χ3n) is 4.67. The topological polar surface area (TPSA) is 24.9 Å². The highest BCUT2D eigenvalue weighted by Gasteiger charge is 2.32. The standard InChI is InChI=1S/C17H20N2S2/c1-18-17(13-5-4-11-3-2-7-19-16(11)13)15-9-12-10-20-8-6-14(12)21-15/h2-3,7,9,13,17-18H,4-6,8,10H2,1H3. The average molecular weight is 316 g/mol. The zero-order valence-electron chi connectivity index (χ0n) is 12.3. The maximum absolute atomic E-state index is 4.68. The smallest absolute Gasteiger partial charge is 0.0497 e. The van der Waals surface area contributed by atoms with E-state index in [1.54, 1.807) is 10.4 Å². The molecule has 0 aromatic carbocycles. The van der Waals surface area contributed by atoms with Gasteiger partial charge in [-0.05, 0) is 55.3 Å². The summed E-state index contributed by atoms with van der Waals surface area (Å²) in [6.07, 6.45) is 5.59. The van der Waals surface area contributed by atoms with Gasteiger partial charge in [-0.15, -0.1) is 11.3 Å². The Morgan fingerprint density at radius 3 is 3.14 bits per heavy atom. The zero-order valence-corrected chi connectivity index (χ0v) is 13.9. The number of hydrogen-bond donors (Lipinski definition) is 1. The van der Waals surface area contributed by atoms with E-state index in [-0.39, 0.29) is 0 Å². The fourth-order valence-corrected chi connectivity index (χ4v) is 6.19. The molecule has 0 radical (unpaired) electrons. The summed E-state index contributed by atoms with van der Waals surface area (Å²) in [7, 11) is 2.10. The van der Waals surface area contributed by atoms with Crippen LogP contribution in [0.4, 0.5) is 0 Å². The fourth-order valence-electron chi connectivity index (χ4n) is 3.63. The van der Waals surface area contributed by atoms with E-state index in [1.807, 2.05) is 17.5 Å². The monoisotopic (exact) mass is 316 g/mol. The first-order valence-electron chi connectivity index (χ1n) is 7.67. The predicted octanol–water partition coefficient (Wildman–Crippen LogP) is 3.92. The van der Waals surface area contributed by atoms with Crippen LogP contribution in [0.2, 0.25) is 0 Å². The Kier molecular flexibility index (Phi) is 3.78. The average Bonchev–Trinajstić information content (AvgIpc) is 3.13. The third-order valence-corrected chi connectivity index (χ3v) is 7.00. The Balaban J connectivity index is 1.68. The van der Waals surface area contributed by atoms with Crippen molar-refractivity contribution in [3.05, 3.63) is 51.0 Å². The summed E-state index contributed by atoms with van der Waals surface area (Å²) < 4.78 is 0.